The second-order valence-corrected chi connectivity index (χ2v) is 9.75. The number of likely N-dealkylation sites (N-methyl/N-ethyl adjacent to an activating group) is 1. The summed E-state index contributed by atoms with van der Waals surface area (Å²) >= 11 is 4.94. The highest BCUT2D eigenvalue weighted by molar-refractivity contribution is 7.78. The molecule has 6 aliphatic rings. The van der Waals surface area contributed by atoms with Gasteiger partial charge < -0.3 is 19.5 Å². The van der Waals surface area contributed by atoms with Gasteiger partial charge in [-0.3, -0.25) is 0 Å². The zero-order valence-electron chi connectivity index (χ0n) is 17.0. The van der Waals surface area contributed by atoms with Crippen molar-refractivity contribution < 1.29 is 14.6 Å². The highest BCUT2D eigenvalue weighted by Gasteiger charge is 2.79. The van der Waals surface area contributed by atoms with Crippen molar-refractivity contribution in [3.8, 4) is 11.5 Å². The van der Waals surface area contributed by atoms with E-state index in [1.165, 1.54) is 11.1 Å². The van der Waals surface area contributed by atoms with E-state index in [9.17, 15) is 5.11 Å². The van der Waals surface area contributed by atoms with Gasteiger partial charge in [0.15, 0.2) is 11.5 Å². The minimum absolute atomic E-state index is 0.0139. The Hall–Kier alpha value is -1.72. The van der Waals surface area contributed by atoms with Gasteiger partial charge in [-0.1, -0.05) is 18.2 Å². The third-order valence-corrected chi connectivity index (χ3v) is 9.07. The van der Waals surface area contributed by atoms with Gasteiger partial charge in [0.2, 0.25) is 0 Å². The van der Waals surface area contributed by atoms with Crippen LogP contribution in [-0.2, 0) is 16.6 Å². The highest BCUT2D eigenvalue weighted by Crippen LogP contribution is 2.74. The highest BCUT2D eigenvalue weighted by atomic mass is 32.1. The molecule has 1 N–H and O–H groups in total. The van der Waals surface area contributed by atoms with Crippen LogP contribution in [0.25, 0.3) is 0 Å². The van der Waals surface area contributed by atoms with Crippen LogP contribution in [0, 0.1) is 11.3 Å². The van der Waals surface area contributed by atoms with Crippen LogP contribution in [0.3, 0.4) is 0 Å². The number of likely N-dealkylation sites (tertiary alicyclic amines) is 1. The first-order valence-corrected chi connectivity index (χ1v) is 10.9. The third kappa shape index (κ3) is 1.74. The molecule has 7 rings (SSSR count). The van der Waals surface area contributed by atoms with Crippen LogP contribution in [0.2, 0.25) is 0 Å². The van der Waals surface area contributed by atoms with E-state index in [0.29, 0.717) is 11.8 Å². The van der Waals surface area contributed by atoms with Crippen LogP contribution in [0.1, 0.15) is 30.9 Å². The zero-order valence-corrected chi connectivity index (χ0v) is 17.8. The Labute approximate surface area is 176 Å². The topological polar surface area (TPSA) is 54.3 Å². The zero-order chi connectivity index (χ0) is 20.2. The third-order valence-electron chi connectivity index (χ3n) is 8.96. The smallest absolute Gasteiger partial charge is 0.165 e. The van der Waals surface area contributed by atoms with Crippen molar-refractivity contribution in [3.63, 3.8) is 0 Å². The van der Waals surface area contributed by atoms with E-state index in [-0.39, 0.29) is 34.6 Å². The molecule has 152 valence electrons. The number of isothiocyanates is 1. The summed E-state index contributed by atoms with van der Waals surface area (Å²) in [6.45, 7) is 3.13. The minimum Gasteiger partial charge on any atom is -0.504 e. The van der Waals surface area contributed by atoms with Crippen molar-refractivity contribution in [2.45, 2.75) is 55.4 Å². The summed E-state index contributed by atoms with van der Waals surface area (Å²) in [5, 5.41) is 13.3. The summed E-state index contributed by atoms with van der Waals surface area (Å²) in [5.74, 6) is 1.06. The molecule has 5 nitrogen and oxygen atoms in total. The number of phenols is 1. The number of methoxy groups -OCH3 is 1. The van der Waals surface area contributed by atoms with Crippen LogP contribution in [-0.4, -0.2) is 59.7 Å². The van der Waals surface area contributed by atoms with Gasteiger partial charge in [0.25, 0.3) is 0 Å². The standard InChI is InChI=1S/C23H26N2O3S/c1-13(24-12-29)15-11-21-6-7-23(15,27-3)20-22(21)8-9-25(2)17(21)10-14-4-5-16(26)19(28-20)18(14)22/h4-7,13,15,17,20,26H,8-11H2,1-3H3/t13-,15?,17?,20-,21-,22?,23-/m1/s1. The van der Waals surface area contributed by atoms with Gasteiger partial charge in [0.1, 0.15) is 11.7 Å². The fourth-order valence-electron chi connectivity index (χ4n) is 7.83. The first-order valence-electron chi connectivity index (χ1n) is 10.5. The molecule has 4 aliphatic carbocycles. The molecule has 0 amide bonds. The lowest BCUT2D eigenvalue weighted by atomic mass is 9.36. The van der Waals surface area contributed by atoms with Crippen LogP contribution < -0.4 is 4.74 Å². The summed E-state index contributed by atoms with van der Waals surface area (Å²) in [4.78, 5) is 6.99. The van der Waals surface area contributed by atoms with Gasteiger partial charge in [0, 0.05) is 30.0 Å². The Balaban J connectivity index is 1.68. The van der Waals surface area contributed by atoms with Gasteiger partial charge in [-0.15, -0.1) is 0 Å². The summed E-state index contributed by atoms with van der Waals surface area (Å²) in [6.07, 6.45) is 7.45. The number of benzene rings is 1. The van der Waals surface area contributed by atoms with E-state index in [4.69, 9.17) is 21.7 Å². The minimum atomic E-state index is -0.600. The number of ether oxygens (including phenoxy) is 2. The molecule has 29 heavy (non-hydrogen) atoms. The number of thiocarbonyl (C=S) groups is 1. The first kappa shape index (κ1) is 18.1. The number of nitrogens with zero attached hydrogens (tertiary/aromatic N) is 2. The van der Waals surface area contributed by atoms with Crippen LogP contribution >= 0.6 is 12.2 Å². The van der Waals surface area contributed by atoms with Crippen molar-refractivity contribution in [2.24, 2.45) is 16.3 Å². The summed E-state index contributed by atoms with van der Waals surface area (Å²) in [7, 11) is 4.03. The molecule has 1 aromatic carbocycles. The molecule has 0 radical (unpaired) electrons. The quantitative estimate of drug-likeness (QED) is 0.471. The predicted octanol–water partition coefficient (Wildman–Crippen LogP) is 3.10. The Morgan fingerprint density at radius 1 is 1.41 bits per heavy atom. The molecular formula is C23H26N2O3S. The number of aliphatic imine (C=N–C) groups is 1. The lowest BCUT2D eigenvalue weighted by Gasteiger charge is -2.71. The van der Waals surface area contributed by atoms with Gasteiger partial charge in [-0.25, -0.2) is 4.99 Å². The molecule has 2 fully saturated rings. The number of fused-ring (bicyclic) bond motifs is 1. The number of aromatic hydroxyl groups is 1. The first-order chi connectivity index (χ1) is 13.9. The molecule has 2 heterocycles. The van der Waals surface area contributed by atoms with Crippen LogP contribution in [0.15, 0.2) is 29.3 Å². The summed E-state index contributed by atoms with van der Waals surface area (Å²) in [5.41, 5.74) is 1.72. The normalized spacial score (nSPS) is 44.0. The van der Waals surface area contributed by atoms with Crippen LogP contribution in [0.5, 0.6) is 11.5 Å². The maximum atomic E-state index is 10.7. The maximum absolute atomic E-state index is 10.7. The fourth-order valence-corrected chi connectivity index (χ4v) is 8.00. The summed E-state index contributed by atoms with van der Waals surface area (Å²) in [6, 6.07) is 4.27. The van der Waals surface area contributed by atoms with Crippen LogP contribution in [0.4, 0.5) is 0 Å². The van der Waals surface area contributed by atoms with Gasteiger partial charge in [0.05, 0.1) is 16.6 Å². The van der Waals surface area contributed by atoms with Crippen molar-refractivity contribution in [1.29, 1.82) is 0 Å². The SMILES string of the molecule is CO[C@]12C=C[C@@]3(CC1[C@@H](C)N=C=S)C1Cc4ccc(O)c5c4C3(CCN1C)[C@H]2O5. The van der Waals surface area contributed by atoms with Crippen molar-refractivity contribution in [2.75, 3.05) is 20.7 Å². The molecule has 2 aliphatic heterocycles. The molecule has 7 atom stereocenters. The Morgan fingerprint density at radius 2 is 2.24 bits per heavy atom. The molecule has 4 bridgehead atoms. The lowest BCUT2D eigenvalue weighted by Crippen LogP contribution is -2.79. The van der Waals surface area contributed by atoms with E-state index >= 15 is 0 Å². The largest absolute Gasteiger partial charge is 0.504 e. The number of hydrogen-bond donors (Lipinski definition) is 1. The van der Waals surface area contributed by atoms with Gasteiger partial charge in [-0.05, 0) is 63.6 Å². The molecule has 1 aromatic rings. The van der Waals surface area contributed by atoms with E-state index in [0.717, 1.165) is 25.8 Å². The van der Waals surface area contributed by atoms with Crippen molar-refractivity contribution >= 4 is 17.4 Å². The predicted molar refractivity (Wildman–Crippen MR) is 113 cm³/mol. The van der Waals surface area contributed by atoms with Gasteiger partial charge in [-0.2, -0.15) is 0 Å². The Kier molecular flexibility index (Phi) is 3.43. The molecule has 3 unspecified atom stereocenters. The average molecular weight is 411 g/mol. The second-order valence-electron chi connectivity index (χ2n) is 9.57. The maximum Gasteiger partial charge on any atom is 0.165 e. The lowest BCUT2D eigenvalue weighted by molar-refractivity contribution is -0.216. The Bertz CT molecular complexity index is 1000. The fraction of sp³-hybridized carbons (Fsp3) is 0.609. The number of hydrogen-bond acceptors (Lipinski definition) is 6. The molecule has 1 saturated heterocycles. The monoisotopic (exact) mass is 410 g/mol. The molecule has 6 heteroatoms. The number of piperidine rings is 1. The Morgan fingerprint density at radius 3 is 3.00 bits per heavy atom. The molecule has 1 saturated carbocycles. The molecule has 2 spiro atoms. The van der Waals surface area contributed by atoms with E-state index in [2.05, 4.69) is 47.2 Å². The van der Waals surface area contributed by atoms with E-state index < -0.39 is 5.60 Å². The van der Waals surface area contributed by atoms with Crippen molar-refractivity contribution in [3.05, 3.63) is 35.4 Å². The molecular weight excluding hydrogens is 384 g/mol. The van der Waals surface area contributed by atoms with E-state index in [1.54, 1.807) is 13.2 Å². The second kappa shape index (κ2) is 5.50. The van der Waals surface area contributed by atoms with E-state index in [1.807, 2.05) is 0 Å². The van der Waals surface area contributed by atoms with Crippen molar-refractivity contribution in [1.82, 2.24) is 4.90 Å². The molecule has 0 aromatic heterocycles. The average Bonchev–Trinajstić information content (AvgIpc) is 3.09. The number of rotatable bonds is 3. The summed E-state index contributed by atoms with van der Waals surface area (Å²) < 4.78 is 13.0. The van der Waals surface area contributed by atoms with Gasteiger partial charge >= 0.3 is 0 Å². The number of phenolic OH excluding ortho intramolecular Hbond substituents is 1.